The molecule has 0 unspecified atom stereocenters. The van der Waals surface area contributed by atoms with E-state index < -0.39 is 32.3 Å². The fourth-order valence-corrected chi connectivity index (χ4v) is 2.19. The highest BCUT2D eigenvalue weighted by atomic mass is 32.2. The topological polar surface area (TPSA) is 87.4 Å². The Bertz CT molecular complexity index is 789. The molecule has 0 spiro atoms. The summed E-state index contributed by atoms with van der Waals surface area (Å²) in [5.41, 5.74) is -1.81. The summed E-state index contributed by atoms with van der Waals surface area (Å²) in [6.45, 7) is 0. The Morgan fingerprint density at radius 2 is 1.81 bits per heavy atom. The van der Waals surface area contributed by atoms with E-state index >= 15 is 0 Å². The van der Waals surface area contributed by atoms with Crippen molar-refractivity contribution in [2.45, 2.75) is 11.1 Å². The summed E-state index contributed by atoms with van der Waals surface area (Å²) in [5, 5.41) is 0. The molecular weight excluding hydrogens is 313 g/mol. The van der Waals surface area contributed by atoms with Gasteiger partial charge in [0.25, 0.3) is 0 Å². The third-order valence-electron chi connectivity index (χ3n) is 2.59. The molecule has 1 aromatic heterocycles. The standard InChI is InChI=1S/C12H7F3O5S/c13-12(14,15)10-5-8(21(17,18)19)2-3-9(10)11-4-1-7(6-16)20-11/h1-6H,(H,17,18,19)/p-1. The van der Waals surface area contributed by atoms with Crippen LogP contribution in [0.25, 0.3) is 11.3 Å². The van der Waals surface area contributed by atoms with Crippen molar-refractivity contribution in [3.05, 3.63) is 41.7 Å². The molecule has 0 aliphatic rings. The summed E-state index contributed by atoms with van der Waals surface area (Å²) in [6, 6.07) is 4.10. The molecule has 112 valence electrons. The van der Waals surface area contributed by atoms with E-state index in [-0.39, 0.29) is 17.6 Å². The number of hydrogen-bond donors (Lipinski definition) is 0. The minimum atomic E-state index is -5.02. The van der Waals surface area contributed by atoms with Crippen LogP contribution in [0.3, 0.4) is 0 Å². The van der Waals surface area contributed by atoms with Crippen LogP contribution in [0.1, 0.15) is 16.1 Å². The van der Waals surface area contributed by atoms with Crippen LogP contribution >= 0.6 is 0 Å². The summed E-state index contributed by atoms with van der Waals surface area (Å²) in [7, 11) is -5.02. The van der Waals surface area contributed by atoms with Gasteiger partial charge in [0.05, 0.1) is 10.5 Å². The first-order valence-corrected chi connectivity index (χ1v) is 6.76. The zero-order valence-corrected chi connectivity index (χ0v) is 10.9. The number of rotatable bonds is 3. The molecule has 0 bridgehead atoms. The van der Waals surface area contributed by atoms with Crippen LogP contribution in [-0.2, 0) is 16.3 Å². The third kappa shape index (κ3) is 3.14. The minimum Gasteiger partial charge on any atom is -0.744 e. The van der Waals surface area contributed by atoms with Crippen molar-refractivity contribution in [1.82, 2.24) is 0 Å². The van der Waals surface area contributed by atoms with Gasteiger partial charge in [0.15, 0.2) is 12.0 Å². The van der Waals surface area contributed by atoms with Crippen molar-refractivity contribution >= 4 is 16.4 Å². The molecule has 1 heterocycles. The molecule has 0 aliphatic heterocycles. The fourth-order valence-electron chi connectivity index (χ4n) is 1.69. The van der Waals surface area contributed by atoms with Crippen LogP contribution in [-0.4, -0.2) is 19.3 Å². The molecule has 1 aromatic carbocycles. The normalized spacial score (nSPS) is 12.4. The van der Waals surface area contributed by atoms with E-state index in [0.29, 0.717) is 6.29 Å². The molecule has 2 rings (SSSR count). The van der Waals surface area contributed by atoms with Gasteiger partial charge in [0.1, 0.15) is 15.9 Å². The Labute approximate surface area is 116 Å². The average Bonchev–Trinajstić information content (AvgIpc) is 2.84. The second kappa shape index (κ2) is 5.01. The number of carbonyl (C=O) groups is 1. The van der Waals surface area contributed by atoms with Crippen molar-refractivity contribution in [1.29, 1.82) is 0 Å². The van der Waals surface area contributed by atoms with Gasteiger partial charge in [-0.05, 0) is 30.3 Å². The quantitative estimate of drug-likeness (QED) is 0.641. The van der Waals surface area contributed by atoms with E-state index in [1.807, 2.05) is 0 Å². The Morgan fingerprint density at radius 3 is 2.29 bits per heavy atom. The van der Waals surface area contributed by atoms with Crippen molar-refractivity contribution in [2.75, 3.05) is 0 Å². The van der Waals surface area contributed by atoms with Gasteiger partial charge in [-0.25, -0.2) is 8.42 Å². The summed E-state index contributed by atoms with van der Waals surface area (Å²) in [6.07, 6.45) is -4.59. The van der Waals surface area contributed by atoms with Gasteiger partial charge < -0.3 is 8.97 Å². The van der Waals surface area contributed by atoms with E-state index in [9.17, 15) is 30.9 Å². The van der Waals surface area contributed by atoms with Crippen LogP contribution in [0.2, 0.25) is 0 Å². The summed E-state index contributed by atoms with van der Waals surface area (Å²) in [4.78, 5) is 9.48. The summed E-state index contributed by atoms with van der Waals surface area (Å²) < 4.78 is 76.3. The van der Waals surface area contributed by atoms with E-state index in [4.69, 9.17) is 4.42 Å². The SMILES string of the molecule is O=Cc1ccc(-c2ccc(S(=O)(=O)[O-])cc2C(F)(F)F)o1. The number of carbonyl (C=O) groups excluding carboxylic acids is 1. The summed E-state index contributed by atoms with van der Waals surface area (Å²) in [5.74, 6) is -0.446. The lowest BCUT2D eigenvalue weighted by atomic mass is 10.1. The predicted octanol–water partition coefficient (Wildman–Crippen LogP) is 2.68. The van der Waals surface area contributed by atoms with Gasteiger partial charge in [-0.3, -0.25) is 4.79 Å². The summed E-state index contributed by atoms with van der Waals surface area (Å²) >= 11 is 0. The zero-order chi connectivity index (χ0) is 15.8. The van der Waals surface area contributed by atoms with Crippen molar-refractivity contribution < 1.29 is 35.4 Å². The number of halogens is 3. The first kappa shape index (κ1) is 15.3. The number of alkyl halides is 3. The predicted molar refractivity (Wildman–Crippen MR) is 62.5 cm³/mol. The van der Waals surface area contributed by atoms with Crippen molar-refractivity contribution in [3.63, 3.8) is 0 Å². The molecule has 0 atom stereocenters. The van der Waals surface area contributed by atoms with E-state index in [0.717, 1.165) is 18.2 Å². The zero-order valence-electron chi connectivity index (χ0n) is 10.0. The first-order chi connectivity index (χ1) is 9.63. The molecule has 0 aliphatic carbocycles. The maximum absolute atomic E-state index is 13.0. The molecule has 0 saturated heterocycles. The van der Waals surface area contributed by atoms with E-state index in [1.165, 1.54) is 6.07 Å². The lowest BCUT2D eigenvalue weighted by Gasteiger charge is -2.14. The van der Waals surface area contributed by atoms with Crippen LogP contribution in [0, 0.1) is 0 Å². The monoisotopic (exact) mass is 319 g/mol. The second-order valence-corrected chi connectivity index (χ2v) is 5.36. The van der Waals surface area contributed by atoms with Gasteiger partial charge in [0.2, 0.25) is 0 Å². The number of hydrogen-bond acceptors (Lipinski definition) is 5. The van der Waals surface area contributed by atoms with Crippen molar-refractivity contribution in [2.24, 2.45) is 0 Å². The van der Waals surface area contributed by atoms with Crippen LogP contribution in [0.5, 0.6) is 0 Å². The molecule has 0 amide bonds. The third-order valence-corrected chi connectivity index (χ3v) is 3.42. The average molecular weight is 319 g/mol. The molecule has 21 heavy (non-hydrogen) atoms. The number of benzene rings is 1. The lowest BCUT2D eigenvalue weighted by molar-refractivity contribution is -0.137. The van der Waals surface area contributed by atoms with E-state index in [2.05, 4.69) is 0 Å². The smallest absolute Gasteiger partial charge is 0.417 e. The highest BCUT2D eigenvalue weighted by Crippen LogP contribution is 2.38. The molecule has 9 heteroatoms. The maximum Gasteiger partial charge on any atom is 0.417 e. The molecule has 2 aromatic rings. The van der Waals surface area contributed by atoms with Gasteiger partial charge in [-0.15, -0.1) is 0 Å². The van der Waals surface area contributed by atoms with Gasteiger partial charge in [-0.2, -0.15) is 13.2 Å². The van der Waals surface area contributed by atoms with Crippen LogP contribution in [0.15, 0.2) is 39.6 Å². The largest absolute Gasteiger partial charge is 0.744 e. The highest BCUT2D eigenvalue weighted by molar-refractivity contribution is 7.85. The molecule has 0 saturated carbocycles. The second-order valence-electron chi connectivity index (χ2n) is 3.98. The fraction of sp³-hybridized carbons (Fsp3) is 0.0833. The molecule has 0 N–H and O–H groups in total. The van der Waals surface area contributed by atoms with Crippen molar-refractivity contribution in [3.8, 4) is 11.3 Å². The van der Waals surface area contributed by atoms with Crippen LogP contribution in [0.4, 0.5) is 13.2 Å². The Balaban J connectivity index is 2.69. The minimum absolute atomic E-state index is 0.182. The number of furan rings is 1. The highest BCUT2D eigenvalue weighted by Gasteiger charge is 2.35. The maximum atomic E-state index is 13.0. The van der Waals surface area contributed by atoms with Gasteiger partial charge in [0, 0.05) is 5.56 Å². The Kier molecular flexibility index (Phi) is 3.64. The van der Waals surface area contributed by atoms with Gasteiger partial charge in [-0.1, -0.05) is 0 Å². The van der Waals surface area contributed by atoms with Gasteiger partial charge >= 0.3 is 6.18 Å². The Hall–Kier alpha value is -2.13. The molecular formula is C12H6F3O5S-. The number of aldehydes is 1. The van der Waals surface area contributed by atoms with E-state index in [1.54, 1.807) is 0 Å². The lowest BCUT2D eigenvalue weighted by Crippen LogP contribution is -2.09. The first-order valence-electron chi connectivity index (χ1n) is 5.35. The molecule has 0 fully saturated rings. The Morgan fingerprint density at radius 1 is 1.14 bits per heavy atom. The molecule has 5 nitrogen and oxygen atoms in total. The molecule has 0 radical (unpaired) electrons. The van der Waals surface area contributed by atoms with Crippen LogP contribution < -0.4 is 0 Å².